The highest BCUT2D eigenvalue weighted by Crippen LogP contribution is 2.19. The van der Waals surface area contributed by atoms with Crippen molar-refractivity contribution in [3.05, 3.63) is 89.2 Å². The minimum absolute atomic E-state index is 0.0863. The highest BCUT2D eigenvalue weighted by Gasteiger charge is 2.12. The standard InChI is InChI=1S/C24H25N3O3/c1-16(2)30-21-6-4-5-18(13-21)15-26-23(28)20-8-7-17(3)22(14-20)27-24(29)19-9-11-25-12-10-19/h4-14,16H,15H2,1-3H3,(H,26,28)(H,27,29). The largest absolute Gasteiger partial charge is 0.491 e. The molecule has 0 atom stereocenters. The molecule has 0 unspecified atom stereocenters. The van der Waals surface area contributed by atoms with Gasteiger partial charge in [0.25, 0.3) is 11.8 Å². The second-order valence-electron chi connectivity index (χ2n) is 7.22. The van der Waals surface area contributed by atoms with Crippen LogP contribution in [0.3, 0.4) is 0 Å². The molecule has 0 radical (unpaired) electrons. The zero-order valence-corrected chi connectivity index (χ0v) is 17.3. The number of carbonyl (C=O) groups excluding carboxylic acids is 2. The maximum absolute atomic E-state index is 12.6. The van der Waals surface area contributed by atoms with Crippen molar-refractivity contribution in [3.8, 4) is 5.75 Å². The van der Waals surface area contributed by atoms with E-state index in [2.05, 4.69) is 15.6 Å². The monoisotopic (exact) mass is 403 g/mol. The third-order valence-corrected chi connectivity index (χ3v) is 4.41. The molecule has 2 aromatic carbocycles. The zero-order valence-electron chi connectivity index (χ0n) is 17.3. The lowest BCUT2D eigenvalue weighted by Crippen LogP contribution is -2.23. The first-order chi connectivity index (χ1) is 14.4. The number of rotatable bonds is 7. The first-order valence-electron chi connectivity index (χ1n) is 9.78. The summed E-state index contributed by atoms with van der Waals surface area (Å²) in [6.45, 7) is 6.19. The van der Waals surface area contributed by atoms with Gasteiger partial charge in [-0.05, 0) is 68.3 Å². The van der Waals surface area contributed by atoms with Crippen LogP contribution >= 0.6 is 0 Å². The van der Waals surface area contributed by atoms with Crippen molar-refractivity contribution in [1.82, 2.24) is 10.3 Å². The van der Waals surface area contributed by atoms with Crippen molar-refractivity contribution in [1.29, 1.82) is 0 Å². The average Bonchev–Trinajstić information content (AvgIpc) is 2.74. The van der Waals surface area contributed by atoms with Crippen LogP contribution in [0.4, 0.5) is 5.69 Å². The van der Waals surface area contributed by atoms with Crippen molar-refractivity contribution in [2.24, 2.45) is 0 Å². The van der Waals surface area contributed by atoms with Gasteiger partial charge in [0.1, 0.15) is 5.75 Å². The number of nitrogens with zero attached hydrogens (tertiary/aromatic N) is 1. The molecule has 0 saturated heterocycles. The quantitative estimate of drug-likeness (QED) is 0.614. The summed E-state index contributed by atoms with van der Waals surface area (Å²) < 4.78 is 5.69. The Hall–Kier alpha value is -3.67. The Labute approximate surface area is 176 Å². The SMILES string of the molecule is Cc1ccc(C(=O)NCc2cccc(OC(C)C)c2)cc1NC(=O)c1ccncc1. The molecule has 0 aliphatic carbocycles. The Bertz CT molecular complexity index is 1030. The smallest absolute Gasteiger partial charge is 0.255 e. The number of hydrogen-bond donors (Lipinski definition) is 2. The lowest BCUT2D eigenvalue weighted by atomic mass is 10.1. The molecule has 2 N–H and O–H groups in total. The van der Waals surface area contributed by atoms with E-state index in [4.69, 9.17) is 4.74 Å². The van der Waals surface area contributed by atoms with E-state index in [1.807, 2.05) is 51.1 Å². The number of carbonyl (C=O) groups is 2. The number of aryl methyl sites for hydroxylation is 1. The molecular weight excluding hydrogens is 378 g/mol. The third kappa shape index (κ3) is 5.67. The van der Waals surface area contributed by atoms with Crippen LogP contribution in [0.15, 0.2) is 67.0 Å². The molecule has 30 heavy (non-hydrogen) atoms. The van der Waals surface area contributed by atoms with Gasteiger partial charge < -0.3 is 15.4 Å². The van der Waals surface area contributed by atoms with Crippen molar-refractivity contribution >= 4 is 17.5 Å². The van der Waals surface area contributed by atoms with Crippen LogP contribution in [0.5, 0.6) is 5.75 Å². The summed E-state index contributed by atoms with van der Waals surface area (Å²) in [5, 5.41) is 5.77. The molecule has 3 aromatic rings. The Morgan fingerprint density at radius 2 is 1.73 bits per heavy atom. The number of amides is 2. The Kier molecular flexibility index (Phi) is 6.80. The fourth-order valence-electron chi connectivity index (χ4n) is 2.88. The Morgan fingerprint density at radius 1 is 0.967 bits per heavy atom. The van der Waals surface area contributed by atoms with Gasteiger partial charge in [0.05, 0.1) is 6.10 Å². The van der Waals surface area contributed by atoms with Crippen LogP contribution in [0, 0.1) is 6.92 Å². The minimum Gasteiger partial charge on any atom is -0.491 e. The minimum atomic E-state index is -0.250. The van der Waals surface area contributed by atoms with E-state index < -0.39 is 0 Å². The molecule has 0 bridgehead atoms. The van der Waals surface area contributed by atoms with Crippen molar-refractivity contribution in [2.75, 3.05) is 5.32 Å². The van der Waals surface area contributed by atoms with Crippen LogP contribution in [0.2, 0.25) is 0 Å². The van der Waals surface area contributed by atoms with Crippen molar-refractivity contribution in [2.45, 2.75) is 33.4 Å². The van der Waals surface area contributed by atoms with Crippen LogP contribution in [0.25, 0.3) is 0 Å². The number of hydrogen-bond acceptors (Lipinski definition) is 4. The van der Waals surface area contributed by atoms with Gasteiger partial charge in [0.2, 0.25) is 0 Å². The fourth-order valence-corrected chi connectivity index (χ4v) is 2.88. The van der Waals surface area contributed by atoms with Crippen LogP contribution in [0.1, 0.15) is 45.7 Å². The second-order valence-corrected chi connectivity index (χ2v) is 7.22. The lowest BCUT2D eigenvalue weighted by Gasteiger charge is -2.12. The summed E-state index contributed by atoms with van der Waals surface area (Å²) in [6.07, 6.45) is 3.21. The predicted molar refractivity (Wildman–Crippen MR) is 117 cm³/mol. The molecule has 6 nitrogen and oxygen atoms in total. The topological polar surface area (TPSA) is 80.3 Å². The molecule has 1 aromatic heterocycles. The average molecular weight is 403 g/mol. The van der Waals surface area contributed by atoms with Gasteiger partial charge >= 0.3 is 0 Å². The van der Waals surface area contributed by atoms with E-state index >= 15 is 0 Å². The van der Waals surface area contributed by atoms with Gasteiger partial charge in [0, 0.05) is 35.8 Å². The zero-order chi connectivity index (χ0) is 21.5. The van der Waals surface area contributed by atoms with Gasteiger partial charge in [-0.3, -0.25) is 14.6 Å². The van der Waals surface area contributed by atoms with Crippen molar-refractivity contribution < 1.29 is 14.3 Å². The molecule has 6 heteroatoms. The molecule has 3 rings (SSSR count). The molecule has 0 saturated carbocycles. The maximum atomic E-state index is 12.6. The van der Waals surface area contributed by atoms with Crippen LogP contribution in [-0.4, -0.2) is 22.9 Å². The van der Waals surface area contributed by atoms with E-state index in [0.717, 1.165) is 16.9 Å². The van der Waals surface area contributed by atoms with E-state index in [0.29, 0.717) is 23.4 Å². The predicted octanol–water partition coefficient (Wildman–Crippen LogP) is 4.36. The molecule has 2 amide bonds. The summed E-state index contributed by atoms with van der Waals surface area (Å²) in [6, 6.07) is 16.2. The number of pyridine rings is 1. The van der Waals surface area contributed by atoms with E-state index in [-0.39, 0.29) is 17.9 Å². The molecule has 0 fully saturated rings. The van der Waals surface area contributed by atoms with Gasteiger partial charge in [-0.15, -0.1) is 0 Å². The molecule has 1 heterocycles. The molecule has 154 valence electrons. The first kappa shape index (κ1) is 21.0. The molecule has 0 aliphatic heterocycles. The van der Waals surface area contributed by atoms with Gasteiger partial charge in [0.15, 0.2) is 0 Å². The van der Waals surface area contributed by atoms with E-state index in [1.54, 1.807) is 36.7 Å². The lowest BCUT2D eigenvalue weighted by molar-refractivity contribution is 0.0949. The summed E-state index contributed by atoms with van der Waals surface area (Å²) in [5.41, 5.74) is 3.38. The van der Waals surface area contributed by atoms with E-state index in [1.165, 1.54) is 0 Å². The van der Waals surface area contributed by atoms with Crippen LogP contribution in [-0.2, 0) is 6.54 Å². The fraction of sp³-hybridized carbons (Fsp3) is 0.208. The number of aromatic nitrogens is 1. The van der Waals surface area contributed by atoms with Gasteiger partial charge in [-0.1, -0.05) is 18.2 Å². The molecular formula is C24H25N3O3. The third-order valence-electron chi connectivity index (χ3n) is 4.41. The molecule has 0 aliphatic rings. The highest BCUT2D eigenvalue weighted by molar-refractivity contribution is 6.05. The number of benzene rings is 2. The van der Waals surface area contributed by atoms with E-state index in [9.17, 15) is 9.59 Å². The summed E-state index contributed by atoms with van der Waals surface area (Å²) >= 11 is 0. The summed E-state index contributed by atoms with van der Waals surface area (Å²) in [4.78, 5) is 29.0. The van der Waals surface area contributed by atoms with Crippen LogP contribution < -0.4 is 15.4 Å². The second kappa shape index (κ2) is 9.69. The number of anilines is 1. The normalized spacial score (nSPS) is 10.5. The maximum Gasteiger partial charge on any atom is 0.255 e. The summed E-state index contributed by atoms with van der Waals surface area (Å²) in [7, 11) is 0. The first-order valence-corrected chi connectivity index (χ1v) is 9.78. The van der Waals surface area contributed by atoms with Gasteiger partial charge in [-0.2, -0.15) is 0 Å². The summed E-state index contributed by atoms with van der Waals surface area (Å²) in [5.74, 6) is 0.304. The Balaban J connectivity index is 1.67. The number of ether oxygens (including phenoxy) is 1. The molecule has 0 spiro atoms. The number of nitrogens with one attached hydrogen (secondary N) is 2. The van der Waals surface area contributed by atoms with Crippen molar-refractivity contribution in [3.63, 3.8) is 0 Å². The highest BCUT2D eigenvalue weighted by atomic mass is 16.5. The Morgan fingerprint density at radius 3 is 2.47 bits per heavy atom. The van der Waals surface area contributed by atoms with Gasteiger partial charge in [-0.25, -0.2) is 0 Å².